The summed E-state index contributed by atoms with van der Waals surface area (Å²) in [5.74, 6) is 0. The van der Waals surface area contributed by atoms with Crippen LogP contribution >= 0.6 is 23.1 Å². The summed E-state index contributed by atoms with van der Waals surface area (Å²) in [4.78, 5) is 6.13. The van der Waals surface area contributed by atoms with Gasteiger partial charge in [-0.2, -0.15) is 0 Å². The molecule has 2 aromatic carbocycles. The first-order chi connectivity index (χ1) is 11.7. The minimum atomic E-state index is 0.710. The Bertz CT molecular complexity index is 1210. The minimum Gasteiger partial charge on any atom is -0.238 e. The number of rotatable bonds is 0. The van der Waals surface area contributed by atoms with E-state index in [0.717, 1.165) is 5.39 Å². The van der Waals surface area contributed by atoms with E-state index in [9.17, 15) is 0 Å². The van der Waals surface area contributed by atoms with Gasteiger partial charge in [0.25, 0.3) is 0 Å². The summed E-state index contributed by atoms with van der Waals surface area (Å²) in [6, 6.07) is 10.7. The highest BCUT2D eigenvalue weighted by Gasteiger charge is 2.29. The fourth-order valence-corrected chi connectivity index (χ4v) is 5.86. The van der Waals surface area contributed by atoms with Gasteiger partial charge in [-0.05, 0) is 52.9 Å². The standard InChI is InChI=1S/C20H13N2S2/c1-11-14-5-7-23-15(14)10-17-18(11)20-19-12(4-6-22(20)3)8-13(21-2)9-16(19)24-17/h4-10H,1,3H3/q+1. The molecule has 0 spiro atoms. The van der Waals surface area contributed by atoms with Gasteiger partial charge in [0, 0.05) is 20.6 Å². The van der Waals surface area contributed by atoms with Gasteiger partial charge in [-0.25, -0.2) is 9.41 Å². The van der Waals surface area contributed by atoms with Crippen LogP contribution in [0.1, 0.15) is 5.56 Å². The molecule has 3 heterocycles. The number of fused-ring (bicyclic) bond motifs is 3. The van der Waals surface area contributed by atoms with Crippen molar-refractivity contribution in [3.63, 3.8) is 0 Å². The number of pyridine rings is 1. The van der Waals surface area contributed by atoms with Crippen molar-refractivity contribution in [3.05, 3.63) is 58.9 Å². The van der Waals surface area contributed by atoms with Gasteiger partial charge in [0.05, 0.1) is 17.5 Å². The molecule has 24 heavy (non-hydrogen) atoms. The lowest BCUT2D eigenvalue weighted by molar-refractivity contribution is -0.659. The van der Waals surface area contributed by atoms with Crippen LogP contribution in [-0.4, -0.2) is 0 Å². The summed E-state index contributed by atoms with van der Waals surface area (Å²) >= 11 is 3.59. The van der Waals surface area contributed by atoms with Crippen LogP contribution in [0.3, 0.4) is 0 Å². The lowest BCUT2D eigenvalue weighted by Crippen LogP contribution is -2.31. The van der Waals surface area contributed by atoms with Crippen molar-refractivity contribution in [1.29, 1.82) is 0 Å². The van der Waals surface area contributed by atoms with Gasteiger partial charge in [-0.15, -0.1) is 11.3 Å². The van der Waals surface area contributed by atoms with E-state index in [4.69, 9.17) is 6.57 Å². The van der Waals surface area contributed by atoms with Crippen LogP contribution in [0.25, 0.3) is 37.0 Å². The Kier molecular flexibility index (Phi) is 2.82. The maximum atomic E-state index is 7.38. The third-order valence-electron chi connectivity index (χ3n) is 4.75. The molecule has 0 fully saturated rings. The predicted molar refractivity (Wildman–Crippen MR) is 101 cm³/mol. The van der Waals surface area contributed by atoms with Crippen molar-refractivity contribution in [2.24, 2.45) is 7.05 Å². The Morgan fingerprint density at radius 1 is 1.12 bits per heavy atom. The van der Waals surface area contributed by atoms with E-state index in [0.29, 0.717) is 5.69 Å². The molecule has 0 amide bonds. The quantitative estimate of drug-likeness (QED) is 0.252. The monoisotopic (exact) mass is 345 g/mol. The average Bonchev–Trinajstić information content (AvgIpc) is 3.05. The van der Waals surface area contributed by atoms with Crippen molar-refractivity contribution in [2.75, 3.05) is 0 Å². The highest BCUT2D eigenvalue weighted by atomic mass is 32.2. The zero-order valence-corrected chi connectivity index (χ0v) is 14.9. The van der Waals surface area contributed by atoms with E-state index in [1.165, 1.54) is 42.1 Å². The van der Waals surface area contributed by atoms with Crippen LogP contribution < -0.4 is 4.57 Å². The van der Waals surface area contributed by atoms with Gasteiger partial charge in [-0.3, -0.25) is 0 Å². The second kappa shape index (κ2) is 4.83. The molecular formula is C20H13N2S2+. The summed E-state index contributed by atoms with van der Waals surface area (Å²) in [5.41, 5.74) is 4.65. The first-order valence-electron chi connectivity index (χ1n) is 7.70. The smallest absolute Gasteiger partial charge is 0.222 e. The molecule has 0 unspecified atom stereocenters. The summed E-state index contributed by atoms with van der Waals surface area (Å²) in [6.07, 6.45) is 2.10. The Morgan fingerprint density at radius 2 is 2.00 bits per heavy atom. The number of nitrogens with zero attached hydrogens (tertiary/aromatic N) is 2. The average molecular weight is 345 g/mol. The molecule has 1 aliphatic heterocycles. The minimum absolute atomic E-state index is 0.710. The van der Waals surface area contributed by atoms with E-state index >= 15 is 0 Å². The first-order valence-corrected chi connectivity index (χ1v) is 9.40. The lowest BCUT2D eigenvalue weighted by atomic mass is 9.96. The van der Waals surface area contributed by atoms with Crippen molar-refractivity contribution in [1.82, 2.24) is 0 Å². The molecular weight excluding hydrogens is 332 g/mol. The molecule has 0 aliphatic carbocycles. The summed E-state index contributed by atoms with van der Waals surface area (Å²) in [5, 5.41) is 5.92. The number of thiophene rings is 1. The van der Waals surface area contributed by atoms with Crippen LogP contribution in [0.2, 0.25) is 0 Å². The molecule has 4 heteroatoms. The van der Waals surface area contributed by atoms with Crippen LogP contribution in [0.15, 0.2) is 51.7 Å². The van der Waals surface area contributed by atoms with Gasteiger partial charge < -0.3 is 0 Å². The zero-order valence-electron chi connectivity index (χ0n) is 13.3. The predicted octanol–water partition coefficient (Wildman–Crippen LogP) is 5.87. The Hall–Kier alpha value is -2.35. The molecule has 5 rings (SSSR count). The third kappa shape index (κ3) is 1.74. The SMILES string of the molecule is [C-]#[N+]c1cc2c3c([n+](C)ccc3c1)-c1c(cc3sccc3c1C)S2. The number of aromatic nitrogens is 1. The third-order valence-corrected chi connectivity index (χ3v) is 6.70. The van der Waals surface area contributed by atoms with E-state index in [2.05, 4.69) is 53.2 Å². The fourth-order valence-electron chi connectivity index (χ4n) is 3.64. The molecule has 114 valence electrons. The van der Waals surface area contributed by atoms with Crippen LogP contribution in [0.5, 0.6) is 0 Å². The van der Waals surface area contributed by atoms with Crippen molar-refractivity contribution < 1.29 is 4.57 Å². The van der Waals surface area contributed by atoms with Crippen molar-refractivity contribution >= 4 is 49.6 Å². The topological polar surface area (TPSA) is 8.24 Å². The molecule has 0 radical (unpaired) electrons. The van der Waals surface area contributed by atoms with Crippen LogP contribution in [-0.2, 0) is 7.05 Å². The second-order valence-electron chi connectivity index (χ2n) is 6.10. The highest BCUT2D eigenvalue weighted by Crippen LogP contribution is 2.50. The molecule has 0 saturated heterocycles. The lowest BCUT2D eigenvalue weighted by Gasteiger charge is -2.20. The van der Waals surface area contributed by atoms with E-state index in [1.54, 1.807) is 23.1 Å². The Balaban J connectivity index is 2.01. The largest absolute Gasteiger partial charge is 0.238 e. The molecule has 0 atom stereocenters. The van der Waals surface area contributed by atoms with Gasteiger partial charge in [0.1, 0.15) is 7.05 Å². The van der Waals surface area contributed by atoms with Crippen molar-refractivity contribution in [3.8, 4) is 11.3 Å². The van der Waals surface area contributed by atoms with E-state index < -0.39 is 0 Å². The van der Waals surface area contributed by atoms with Gasteiger partial charge in [0.15, 0.2) is 11.9 Å². The number of aryl methyl sites for hydroxylation is 2. The summed E-state index contributed by atoms with van der Waals surface area (Å²) < 4.78 is 3.55. The van der Waals surface area contributed by atoms with Crippen molar-refractivity contribution in [2.45, 2.75) is 16.7 Å². The zero-order chi connectivity index (χ0) is 16.4. The molecule has 0 bridgehead atoms. The van der Waals surface area contributed by atoms with Crippen LogP contribution in [0.4, 0.5) is 5.69 Å². The first kappa shape index (κ1) is 14.0. The summed E-state index contributed by atoms with van der Waals surface area (Å²) in [6.45, 7) is 9.61. The number of hydrogen-bond acceptors (Lipinski definition) is 2. The molecule has 2 nitrogen and oxygen atoms in total. The molecule has 0 N–H and O–H groups in total. The Morgan fingerprint density at radius 3 is 2.83 bits per heavy atom. The molecule has 0 saturated carbocycles. The normalized spacial score (nSPS) is 12.4. The van der Waals surface area contributed by atoms with Gasteiger partial charge in [-0.1, -0.05) is 11.8 Å². The number of benzene rings is 2. The highest BCUT2D eigenvalue weighted by molar-refractivity contribution is 7.99. The Labute approximate surface area is 148 Å². The van der Waals surface area contributed by atoms with Gasteiger partial charge in [0.2, 0.25) is 5.69 Å². The second-order valence-corrected chi connectivity index (χ2v) is 8.14. The van der Waals surface area contributed by atoms with Crippen LogP contribution in [0, 0.1) is 13.5 Å². The maximum Gasteiger partial charge on any atom is 0.222 e. The molecule has 4 aromatic rings. The molecule has 1 aliphatic rings. The van der Waals surface area contributed by atoms with Gasteiger partial charge >= 0.3 is 0 Å². The molecule has 2 aromatic heterocycles. The number of hydrogen-bond donors (Lipinski definition) is 0. The van der Waals surface area contributed by atoms with E-state index in [1.807, 2.05) is 12.1 Å². The summed E-state index contributed by atoms with van der Waals surface area (Å²) in [7, 11) is 2.11. The van der Waals surface area contributed by atoms with E-state index in [-0.39, 0.29) is 0 Å². The maximum absolute atomic E-state index is 7.38. The fraction of sp³-hybridized carbons (Fsp3) is 0.100.